The highest BCUT2D eigenvalue weighted by atomic mass is 32.2. The van der Waals surface area contributed by atoms with Crippen molar-refractivity contribution in [2.45, 2.75) is 31.4 Å². The molecular formula is C8H15NOS. The zero-order valence-corrected chi connectivity index (χ0v) is 7.69. The minimum absolute atomic E-state index is 0.108. The Morgan fingerprint density at radius 3 is 3.00 bits per heavy atom. The Morgan fingerprint density at radius 1 is 1.73 bits per heavy atom. The summed E-state index contributed by atoms with van der Waals surface area (Å²) in [6.45, 7) is 2.17. The summed E-state index contributed by atoms with van der Waals surface area (Å²) in [5, 5.41) is 0.668. The average molecular weight is 173 g/mol. The van der Waals surface area contributed by atoms with Crippen LogP contribution in [0.4, 0.5) is 0 Å². The molecular weight excluding hydrogens is 158 g/mol. The van der Waals surface area contributed by atoms with Crippen LogP contribution >= 0.6 is 11.8 Å². The van der Waals surface area contributed by atoms with E-state index in [2.05, 4.69) is 6.92 Å². The first-order valence-electron chi connectivity index (χ1n) is 4.15. The minimum Gasteiger partial charge on any atom is -0.369 e. The van der Waals surface area contributed by atoms with Gasteiger partial charge < -0.3 is 5.73 Å². The van der Waals surface area contributed by atoms with Crippen LogP contribution in [0.2, 0.25) is 0 Å². The number of amides is 1. The van der Waals surface area contributed by atoms with E-state index in [9.17, 15) is 4.79 Å². The largest absolute Gasteiger partial charge is 0.369 e. The number of rotatable bonds is 2. The van der Waals surface area contributed by atoms with E-state index in [1.54, 1.807) is 0 Å². The molecule has 1 fully saturated rings. The zero-order chi connectivity index (χ0) is 8.27. The number of nitrogens with two attached hydrogens (primary N) is 1. The number of thioether (sulfide) groups is 1. The smallest absolute Gasteiger partial charge is 0.220 e. The molecule has 64 valence electrons. The van der Waals surface area contributed by atoms with E-state index >= 15 is 0 Å². The topological polar surface area (TPSA) is 43.1 Å². The normalized spacial score (nSPS) is 31.7. The Kier molecular flexibility index (Phi) is 3.24. The van der Waals surface area contributed by atoms with Crippen LogP contribution in [0.1, 0.15) is 26.2 Å². The molecule has 1 amide bonds. The molecule has 0 aromatic carbocycles. The van der Waals surface area contributed by atoms with Gasteiger partial charge in [0.2, 0.25) is 5.91 Å². The highest BCUT2D eigenvalue weighted by Gasteiger charge is 2.24. The Labute approximate surface area is 71.9 Å². The van der Waals surface area contributed by atoms with Gasteiger partial charge in [-0.15, -0.1) is 0 Å². The van der Waals surface area contributed by atoms with Crippen LogP contribution in [0.15, 0.2) is 0 Å². The lowest BCUT2D eigenvalue weighted by Crippen LogP contribution is -2.29. The van der Waals surface area contributed by atoms with Crippen molar-refractivity contribution in [1.29, 1.82) is 0 Å². The molecule has 1 aliphatic heterocycles. The minimum atomic E-state index is -0.108. The van der Waals surface area contributed by atoms with Gasteiger partial charge in [-0.3, -0.25) is 4.79 Å². The van der Waals surface area contributed by atoms with E-state index in [0.29, 0.717) is 5.25 Å². The lowest BCUT2D eigenvalue weighted by molar-refractivity contribution is -0.122. The highest BCUT2D eigenvalue weighted by molar-refractivity contribution is 7.99. The van der Waals surface area contributed by atoms with Gasteiger partial charge in [0.1, 0.15) is 0 Å². The molecule has 2 atom stereocenters. The molecule has 0 bridgehead atoms. The molecule has 2 unspecified atom stereocenters. The van der Waals surface area contributed by atoms with Crippen LogP contribution in [0.5, 0.6) is 0 Å². The molecule has 0 radical (unpaired) electrons. The third-order valence-electron chi connectivity index (χ3n) is 2.22. The van der Waals surface area contributed by atoms with Gasteiger partial charge in [0.25, 0.3) is 0 Å². The van der Waals surface area contributed by atoms with E-state index in [1.807, 2.05) is 11.8 Å². The summed E-state index contributed by atoms with van der Waals surface area (Å²) < 4.78 is 0. The third kappa shape index (κ3) is 2.40. The van der Waals surface area contributed by atoms with Crippen molar-refractivity contribution in [3.05, 3.63) is 0 Å². The van der Waals surface area contributed by atoms with Gasteiger partial charge in [-0.05, 0) is 25.0 Å². The first kappa shape index (κ1) is 8.91. The van der Waals surface area contributed by atoms with Crippen molar-refractivity contribution in [2.24, 2.45) is 11.7 Å². The number of carbonyl (C=O) groups excluding carboxylic acids is 1. The molecule has 0 saturated carbocycles. The maximum atomic E-state index is 10.8. The SMILES string of the molecule is CCC1CC(C(N)=O)CCS1. The van der Waals surface area contributed by atoms with Gasteiger partial charge in [-0.25, -0.2) is 0 Å². The van der Waals surface area contributed by atoms with Crippen molar-refractivity contribution >= 4 is 17.7 Å². The van der Waals surface area contributed by atoms with Gasteiger partial charge in [-0.1, -0.05) is 6.92 Å². The van der Waals surface area contributed by atoms with E-state index < -0.39 is 0 Å². The summed E-state index contributed by atoms with van der Waals surface area (Å²) in [5.41, 5.74) is 5.24. The third-order valence-corrected chi connectivity index (χ3v) is 3.69. The van der Waals surface area contributed by atoms with Gasteiger partial charge >= 0.3 is 0 Å². The van der Waals surface area contributed by atoms with Crippen molar-refractivity contribution in [3.63, 3.8) is 0 Å². The van der Waals surface area contributed by atoms with E-state index in [4.69, 9.17) is 5.73 Å². The van der Waals surface area contributed by atoms with Crippen LogP contribution < -0.4 is 5.73 Å². The Balaban J connectivity index is 2.39. The fourth-order valence-electron chi connectivity index (χ4n) is 1.42. The van der Waals surface area contributed by atoms with Crippen molar-refractivity contribution < 1.29 is 4.79 Å². The Morgan fingerprint density at radius 2 is 2.45 bits per heavy atom. The first-order valence-corrected chi connectivity index (χ1v) is 5.19. The predicted molar refractivity (Wildman–Crippen MR) is 48.5 cm³/mol. The predicted octanol–water partition coefficient (Wildman–Crippen LogP) is 1.39. The number of carbonyl (C=O) groups is 1. The van der Waals surface area contributed by atoms with Crippen LogP contribution in [-0.2, 0) is 4.79 Å². The maximum Gasteiger partial charge on any atom is 0.220 e. The molecule has 0 aromatic rings. The molecule has 1 saturated heterocycles. The second kappa shape index (κ2) is 4.00. The van der Waals surface area contributed by atoms with E-state index in [0.717, 1.165) is 25.0 Å². The zero-order valence-electron chi connectivity index (χ0n) is 6.88. The summed E-state index contributed by atoms with van der Waals surface area (Å²) in [5.74, 6) is 1.15. The molecule has 11 heavy (non-hydrogen) atoms. The quantitative estimate of drug-likeness (QED) is 0.685. The molecule has 1 heterocycles. The van der Waals surface area contributed by atoms with Crippen LogP contribution in [0.25, 0.3) is 0 Å². The van der Waals surface area contributed by atoms with Crippen LogP contribution in [-0.4, -0.2) is 16.9 Å². The molecule has 2 N–H and O–H groups in total. The lowest BCUT2D eigenvalue weighted by atomic mass is 9.98. The molecule has 0 aromatic heterocycles. The van der Waals surface area contributed by atoms with Gasteiger partial charge in [0.05, 0.1) is 0 Å². The van der Waals surface area contributed by atoms with Crippen LogP contribution in [0.3, 0.4) is 0 Å². The highest BCUT2D eigenvalue weighted by Crippen LogP contribution is 2.31. The first-order chi connectivity index (χ1) is 5.24. The second-order valence-electron chi connectivity index (χ2n) is 3.02. The van der Waals surface area contributed by atoms with Crippen LogP contribution in [0, 0.1) is 5.92 Å². The van der Waals surface area contributed by atoms with Gasteiger partial charge in [0, 0.05) is 11.2 Å². The van der Waals surface area contributed by atoms with Gasteiger partial charge in [0.15, 0.2) is 0 Å². The molecule has 0 spiro atoms. The monoisotopic (exact) mass is 173 g/mol. The lowest BCUT2D eigenvalue weighted by Gasteiger charge is -2.25. The van der Waals surface area contributed by atoms with E-state index in [1.165, 1.54) is 0 Å². The summed E-state index contributed by atoms with van der Waals surface area (Å²) >= 11 is 1.98. The van der Waals surface area contributed by atoms with Crippen molar-refractivity contribution in [3.8, 4) is 0 Å². The number of hydrogen-bond donors (Lipinski definition) is 1. The molecule has 0 aliphatic carbocycles. The molecule has 3 heteroatoms. The summed E-state index contributed by atoms with van der Waals surface area (Å²) in [4.78, 5) is 10.8. The fourth-order valence-corrected chi connectivity index (χ4v) is 2.78. The van der Waals surface area contributed by atoms with E-state index in [-0.39, 0.29) is 11.8 Å². The summed E-state index contributed by atoms with van der Waals surface area (Å²) in [6.07, 6.45) is 3.14. The van der Waals surface area contributed by atoms with Crippen molar-refractivity contribution in [1.82, 2.24) is 0 Å². The summed E-state index contributed by atoms with van der Waals surface area (Å²) in [7, 11) is 0. The maximum absolute atomic E-state index is 10.8. The number of hydrogen-bond acceptors (Lipinski definition) is 2. The standard InChI is InChI=1S/C8H15NOS/c1-2-7-5-6(8(9)10)3-4-11-7/h6-7H,2-5H2,1H3,(H2,9,10). The molecule has 1 rings (SSSR count). The van der Waals surface area contributed by atoms with Gasteiger partial charge in [-0.2, -0.15) is 11.8 Å². The second-order valence-corrected chi connectivity index (χ2v) is 4.43. The molecule has 2 nitrogen and oxygen atoms in total. The fraction of sp³-hybridized carbons (Fsp3) is 0.875. The summed E-state index contributed by atoms with van der Waals surface area (Å²) in [6, 6.07) is 0. The molecule has 1 aliphatic rings. The number of primary amides is 1. The average Bonchev–Trinajstić information content (AvgIpc) is 2.05. The Hall–Kier alpha value is -0.180. The van der Waals surface area contributed by atoms with Crippen molar-refractivity contribution in [2.75, 3.05) is 5.75 Å². The Bertz CT molecular complexity index is 149.